The minimum absolute atomic E-state index is 0.0591. The van der Waals surface area contributed by atoms with Crippen LogP contribution in [0.25, 0.3) is 10.9 Å². The maximum atomic E-state index is 14.1. The number of aromatic amines is 1. The summed E-state index contributed by atoms with van der Waals surface area (Å²) in [5.74, 6) is -2.69. The van der Waals surface area contributed by atoms with Gasteiger partial charge in [-0.1, -0.05) is 0 Å². The number of carbonyl (C=O) groups excluding carboxylic acids is 1. The number of alkyl halides is 2. The van der Waals surface area contributed by atoms with Crippen molar-refractivity contribution in [2.45, 2.75) is 18.7 Å². The lowest BCUT2D eigenvalue weighted by atomic mass is 10.0. The first-order chi connectivity index (χ1) is 10.9. The number of pyridine rings is 1. The summed E-state index contributed by atoms with van der Waals surface area (Å²) in [6.45, 7) is 1.64. The van der Waals surface area contributed by atoms with Gasteiger partial charge in [0.15, 0.2) is 0 Å². The second-order valence-electron chi connectivity index (χ2n) is 4.70. The first-order valence-corrected chi connectivity index (χ1v) is 7.79. The average Bonchev–Trinajstić information content (AvgIpc) is 2.47. The molecule has 0 amide bonds. The van der Waals surface area contributed by atoms with Crippen LogP contribution >= 0.6 is 23.2 Å². The number of carbonyl (C=O) groups is 1. The number of nitrogens with one attached hydrogen (secondary N) is 1. The van der Waals surface area contributed by atoms with E-state index in [1.807, 2.05) is 0 Å². The summed E-state index contributed by atoms with van der Waals surface area (Å²) in [6, 6.07) is 0.575. The van der Waals surface area contributed by atoms with E-state index in [9.17, 15) is 18.4 Å². The van der Waals surface area contributed by atoms with Crippen molar-refractivity contribution in [2.75, 3.05) is 12.5 Å². The molecule has 0 bridgehead atoms. The lowest BCUT2D eigenvalue weighted by Gasteiger charge is -2.14. The second kappa shape index (κ2) is 7.27. The van der Waals surface area contributed by atoms with E-state index >= 15 is 0 Å². The van der Waals surface area contributed by atoms with E-state index in [2.05, 4.69) is 4.98 Å². The molecule has 1 heterocycles. The molecule has 2 aromatic rings. The second-order valence-corrected chi connectivity index (χ2v) is 5.61. The molecule has 1 atom stereocenters. The zero-order valence-electron chi connectivity index (χ0n) is 12.1. The van der Waals surface area contributed by atoms with E-state index in [0.29, 0.717) is 6.07 Å². The van der Waals surface area contributed by atoms with Crippen LogP contribution in [0.4, 0.5) is 8.78 Å². The highest BCUT2D eigenvalue weighted by atomic mass is 35.5. The van der Waals surface area contributed by atoms with Crippen LogP contribution in [0.1, 0.15) is 34.6 Å². The molecule has 23 heavy (non-hydrogen) atoms. The standard InChI is InChI=1S/C15H13Cl2F2NO3/c1-2-23-15(22)7-6-20-13-11(8(17)3-4-16)9(18)5-10(19)12(13)14(7)21/h5-6,8H,2-4H2,1H3,(H,20,21). The molecule has 2 rings (SSSR count). The van der Waals surface area contributed by atoms with Gasteiger partial charge in [-0.25, -0.2) is 13.6 Å². The molecule has 8 heteroatoms. The van der Waals surface area contributed by atoms with E-state index < -0.39 is 33.8 Å². The normalized spacial score (nSPS) is 12.4. The molecule has 1 N–H and O–H groups in total. The number of aromatic nitrogens is 1. The van der Waals surface area contributed by atoms with Gasteiger partial charge in [0.05, 0.1) is 22.9 Å². The molecule has 0 aliphatic rings. The number of rotatable bonds is 5. The van der Waals surface area contributed by atoms with Crippen molar-refractivity contribution in [1.29, 1.82) is 0 Å². The number of benzene rings is 1. The molecular formula is C15H13Cl2F2NO3. The molecule has 0 radical (unpaired) electrons. The van der Waals surface area contributed by atoms with Gasteiger partial charge in [-0.05, 0) is 13.3 Å². The molecule has 1 aromatic heterocycles. The van der Waals surface area contributed by atoms with Crippen LogP contribution < -0.4 is 5.43 Å². The lowest BCUT2D eigenvalue weighted by Crippen LogP contribution is -2.20. The van der Waals surface area contributed by atoms with Gasteiger partial charge in [-0.3, -0.25) is 4.79 Å². The number of H-pyrrole nitrogens is 1. The Hall–Kier alpha value is -1.66. The topological polar surface area (TPSA) is 59.2 Å². The molecule has 0 saturated heterocycles. The zero-order valence-corrected chi connectivity index (χ0v) is 13.6. The molecule has 0 fully saturated rings. The molecule has 124 valence electrons. The maximum Gasteiger partial charge on any atom is 0.343 e. The molecular weight excluding hydrogens is 351 g/mol. The van der Waals surface area contributed by atoms with Gasteiger partial charge >= 0.3 is 5.97 Å². The van der Waals surface area contributed by atoms with Crippen molar-refractivity contribution in [1.82, 2.24) is 4.98 Å². The summed E-state index contributed by atoms with van der Waals surface area (Å²) >= 11 is 11.7. The Kier molecular flexibility index (Phi) is 5.59. The zero-order chi connectivity index (χ0) is 17.1. The van der Waals surface area contributed by atoms with Gasteiger partial charge in [-0.15, -0.1) is 23.2 Å². The van der Waals surface area contributed by atoms with E-state index in [4.69, 9.17) is 27.9 Å². The molecule has 0 aliphatic carbocycles. The fourth-order valence-electron chi connectivity index (χ4n) is 2.26. The van der Waals surface area contributed by atoms with E-state index in [1.165, 1.54) is 0 Å². The SMILES string of the molecule is CCOC(=O)c1c[nH]c2c(C(Cl)CCCl)c(F)cc(F)c2c1=O. The van der Waals surface area contributed by atoms with Crippen molar-refractivity contribution >= 4 is 40.1 Å². The molecule has 4 nitrogen and oxygen atoms in total. The monoisotopic (exact) mass is 363 g/mol. The lowest BCUT2D eigenvalue weighted by molar-refractivity contribution is 0.0524. The molecule has 1 unspecified atom stereocenters. The van der Waals surface area contributed by atoms with E-state index in [1.54, 1.807) is 6.92 Å². The van der Waals surface area contributed by atoms with Gasteiger partial charge in [0.2, 0.25) is 5.43 Å². The maximum absolute atomic E-state index is 14.1. The van der Waals surface area contributed by atoms with Crippen LogP contribution in [0.5, 0.6) is 0 Å². The quantitative estimate of drug-likeness (QED) is 0.647. The fraction of sp³-hybridized carbons (Fsp3) is 0.333. The number of hydrogen-bond donors (Lipinski definition) is 1. The summed E-state index contributed by atoms with van der Waals surface area (Å²) < 4.78 is 32.9. The Morgan fingerprint density at radius 1 is 1.39 bits per heavy atom. The third-order valence-corrected chi connectivity index (χ3v) is 3.93. The van der Waals surface area contributed by atoms with Gasteiger partial charge in [0, 0.05) is 23.7 Å². The number of ether oxygens (including phenoxy) is 1. The number of hydrogen-bond acceptors (Lipinski definition) is 3. The molecule has 0 spiro atoms. The summed E-state index contributed by atoms with van der Waals surface area (Å²) in [7, 11) is 0. The first-order valence-electron chi connectivity index (χ1n) is 6.82. The van der Waals surface area contributed by atoms with Crippen molar-refractivity contribution < 1.29 is 18.3 Å². The highest BCUT2D eigenvalue weighted by Crippen LogP contribution is 2.33. The van der Waals surface area contributed by atoms with Gasteiger partial charge in [-0.2, -0.15) is 0 Å². The first kappa shape index (κ1) is 17.7. The van der Waals surface area contributed by atoms with Crippen molar-refractivity contribution in [3.05, 3.63) is 45.2 Å². The van der Waals surface area contributed by atoms with Crippen LogP contribution in [0.3, 0.4) is 0 Å². The van der Waals surface area contributed by atoms with Gasteiger partial charge < -0.3 is 9.72 Å². The minimum Gasteiger partial charge on any atom is -0.462 e. The van der Waals surface area contributed by atoms with E-state index in [-0.39, 0.29) is 35.6 Å². The van der Waals surface area contributed by atoms with Crippen LogP contribution in [0.15, 0.2) is 17.1 Å². The average molecular weight is 364 g/mol. The van der Waals surface area contributed by atoms with Crippen LogP contribution in [-0.4, -0.2) is 23.4 Å². The summed E-state index contributed by atoms with van der Waals surface area (Å²) in [4.78, 5) is 26.7. The van der Waals surface area contributed by atoms with Crippen molar-refractivity contribution in [3.8, 4) is 0 Å². The summed E-state index contributed by atoms with van der Waals surface area (Å²) in [5, 5.41) is -1.29. The predicted octanol–water partition coefficient (Wildman–Crippen LogP) is 3.89. The van der Waals surface area contributed by atoms with Crippen LogP contribution in [0.2, 0.25) is 0 Å². The number of halogens is 4. The Morgan fingerprint density at radius 2 is 2.09 bits per heavy atom. The Balaban J connectivity index is 2.76. The van der Waals surface area contributed by atoms with Gasteiger partial charge in [0.1, 0.15) is 17.2 Å². The highest BCUT2D eigenvalue weighted by molar-refractivity contribution is 6.23. The van der Waals surface area contributed by atoms with Crippen molar-refractivity contribution in [3.63, 3.8) is 0 Å². The third kappa shape index (κ3) is 3.33. The number of esters is 1. The predicted molar refractivity (Wildman–Crippen MR) is 84.4 cm³/mol. The Labute approximate surface area is 140 Å². The summed E-state index contributed by atoms with van der Waals surface area (Å²) in [5.41, 5.74) is -1.40. The third-order valence-electron chi connectivity index (χ3n) is 3.27. The number of fused-ring (bicyclic) bond motifs is 1. The van der Waals surface area contributed by atoms with Crippen molar-refractivity contribution in [2.24, 2.45) is 0 Å². The van der Waals surface area contributed by atoms with Crippen LogP contribution in [0, 0.1) is 11.6 Å². The van der Waals surface area contributed by atoms with E-state index in [0.717, 1.165) is 6.20 Å². The Bertz CT molecular complexity index is 807. The Morgan fingerprint density at radius 3 is 2.70 bits per heavy atom. The van der Waals surface area contributed by atoms with Gasteiger partial charge in [0.25, 0.3) is 0 Å². The summed E-state index contributed by atoms with van der Waals surface area (Å²) in [6.07, 6.45) is 1.29. The molecule has 0 saturated carbocycles. The largest absolute Gasteiger partial charge is 0.462 e. The fourth-order valence-corrected chi connectivity index (χ4v) is 2.91. The molecule has 1 aromatic carbocycles. The smallest absolute Gasteiger partial charge is 0.343 e. The molecule has 0 aliphatic heterocycles. The minimum atomic E-state index is -1.08. The van der Waals surface area contributed by atoms with Crippen LogP contribution in [-0.2, 0) is 4.74 Å². The highest BCUT2D eigenvalue weighted by Gasteiger charge is 2.24.